The highest BCUT2D eigenvalue weighted by Crippen LogP contribution is 2.15. The molecule has 0 fully saturated rings. The predicted octanol–water partition coefficient (Wildman–Crippen LogP) is 4.60. The number of furan rings is 1. The summed E-state index contributed by atoms with van der Waals surface area (Å²) in [5.41, 5.74) is 1.22. The van der Waals surface area contributed by atoms with E-state index < -0.39 is 5.91 Å². The molecule has 0 saturated heterocycles. The van der Waals surface area contributed by atoms with Crippen molar-refractivity contribution in [2.75, 3.05) is 5.32 Å². The van der Waals surface area contributed by atoms with Crippen molar-refractivity contribution in [3.8, 4) is 0 Å². The molecule has 136 valence electrons. The van der Waals surface area contributed by atoms with Gasteiger partial charge in [-0.05, 0) is 65.9 Å². The molecule has 0 radical (unpaired) electrons. The molecule has 1 heterocycles. The summed E-state index contributed by atoms with van der Waals surface area (Å²) in [7, 11) is 0. The Bertz CT molecular complexity index is 993. The van der Waals surface area contributed by atoms with E-state index in [9.17, 15) is 9.59 Å². The molecular formula is C21H17IN2O3. The molecule has 2 amide bonds. The maximum Gasteiger partial charge on any atom is 0.272 e. The van der Waals surface area contributed by atoms with Crippen molar-refractivity contribution in [1.82, 2.24) is 5.32 Å². The van der Waals surface area contributed by atoms with E-state index >= 15 is 0 Å². The van der Waals surface area contributed by atoms with Crippen LogP contribution in [0.5, 0.6) is 0 Å². The molecule has 27 heavy (non-hydrogen) atoms. The van der Waals surface area contributed by atoms with E-state index in [1.54, 1.807) is 36.4 Å². The number of anilines is 1. The van der Waals surface area contributed by atoms with Crippen molar-refractivity contribution in [3.63, 3.8) is 0 Å². The fourth-order valence-electron chi connectivity index (χ4n) is 2.39. The minimum absolute atomic E-state index is 0.0952. The standard InChI is InChI=1S/C21H17IN2O3/c1-14-11-12-16(27-14)13-19(21(26)23-15-7-3-2-4-8-15)24-20(25)17-9-5-6-10-18(17)22/h2-13H,1H3,(H,23,26)(H,24,25)/b19-13+. The number of nitrogens with one attached hydrogen (secondary N) is 2. The lowest BCUT2D eigenvalue weighted by Gasteiger charge is -2.11. The molecular weight excluding hydrogens is 455 g/mol. The molecule has 2 N–H and O–H groups in total. The lowest BCUT2D eigenvalue weighted by atomic mass is 10.2. The van der Waals surface area contributed by atoms with E-state index in [2.05, 4.69) is 33.2 Å². The van der Waals surface area contributed by atoms with E-state index in [-0.39, 0.29) is 11.6 Å². The van der Waals surface area contributed by atoms with Crippen LogP contribution in [0.1, 0.15) is 21.9 Å². The van der Waals surface area contributed by atoms with Crippen molar-refractivity contribution in [2.24, 2.45) is 0 Å². The van der Waals surface area contributed by atoms with Crippen LogP contribution in [0.25, 0.3) is 6.08 Å². The van der Waals surface area contributed by atoms with Gasteiger partial charge < -0.3 is 15.1 Å². The van der Waals surface area contributed by atoms with E-state index in [0.717, 1.165) is 3.57 Å². The molecule has 0 aliphatic heterocycles. The summed E-state index contributed by atoms with van der Waals surface area (Å²) < 4.78 is 6.31. The molecule has 1 aromatic heterocycles. The van der Waals surface area contributed by atoms with Gasteiger partial charge >= 0.3 is 0 Å². The summed E-state index contributed by atoms with van der Waals surface area (Å²) in [6.45, 7) is 1.81. The van der Waals surface area contributed by atoms with Crippen molar-refractivity contribution >= 4 is 46.2 Å². The van der Waals surface area contributed by atoms with Crippen molar-refractivity contribution in [1.29, 1.82) is 0 Å². The molecule has 6 heteroatoms. The number of hydrogen-bond donors (Lipinski definition) is 2. The Hall–Kier alpha value is -2.87. The van der Waals surface area contributed by atoms with Crippen molar-refractivity contribution in [2.45, 2.75) is 6.92 Å². The summed E-state index contributed by atoms with van der Waals surface area (Å²) in [6.07, 6.45) is 1.51. The van der Waals surface area contributed by atoms with Crippen LogP contribution >= 0.6 is 22.6 Å². The average molecular weight is 472 g/mol. The van der Waals surface area contributed by atoms with Gasteiger partial charge in [0.2, 0.25) is 0 Å². The molecule has 0 saturated carbocycles. The zero-order chi connectivity index (χ0) is 19.2. The van der Waals surface area contributed by atoms with Gasteiger partial charge in [0.15, 0.2) is 0 Å². The summed E-state index contributed by atoms with van der Waals surface area (Å²) >= 11 is 2.09. The number of halogens is 1. The highest BCUT2D eigenvalue weighted by Gasteiger charge is 2.17. The summed E-state index contributed by atoms with van der Waals surface area (Å²) in [6, 6.07) is 19.7. The number of amides is 2. The molecule has 2 aromatic carbocycles. The van der Waals surface area contributed by atoms with Crippen molar-refractivity contribution < 1.29 is 14.0 Å². The maximum atomic E-state index is 12.7. The first-order chi connectivity index (χ1) is 13.0. The molecule has 0 aliphatic carbocycles. The average Bonchev–Trinajstić information content (AvgIpc) is 3.07. The van der Waals surface area contributed by atoms with Gasteiger partial charge in [-0.25, -0.2) is 0 Å². The number of rotatable bonds is 5. The van der Waals surface area contributed by atoms with Crippen LogP contribution in [0.2, 0.25) is 0 Å². The Balaban J connectivity index is 1.88. The highest BCUT2D eigenvalue weighted by molar-refractivity contribution is 14.1. The molecule has 3 aromatic rings. The minimum atomic E-state index is -0.436. The fourth-order valence-corrected chi connectivity index (χ4v) is 3.02. The second-order valence-electron chi connectivity index (χ2n) is 5.76. The summed E-state index contributed by atoms with van der Waals surface area (Å²) in [4.78, 5) is 25.4. The van der Waals surface area contributed by atoms with Crippen LogP contribution in [0, 0.1) is 10.5 Å². The molecule has 0 spiro atoms. The maximum absolute atomic E-state index is 12.7. The first-order valence-corrected chi connectivity index (χ1v) is 9.31. The van der Waals surface area contributed by atoms with Crippen LogP contribution in [-0.2, 0) is 4.79 Å². The Labute approximate surface area is 170 Å². The Morgan fingerprint density at radius 2 is 1.67 bits per heavy atom. The Morgan fingerprint density at radius 3 is 2.33 bits per heavy atom. The van der Waals surface area contributed by atoms with Gasteiger partial charge in [0.1, 0.15) is 17.2 Å². The molecule has 0 unspecified atom stereocenters. The van der Waals surface area contributed by atoms with Crippen LogP contribution in [0.3, 0.4) is 0 Å². The zero-order valence-corrected chi connectivity index (χ0v) is 16.7. The molecule has 5 nitrogen and oxygen atoms in total. The minimum Gasteiger partial charge on any atom is -0.462 e. The summed E-state index contributed by atoms with van der Waals surface area (Å²) in [5.74, 6) is 0.397. The van der Waals surface area contributed by atoms with Crippen LogP contribution < -0.4 is 10.6 Å². The number of aryl methyl sites for hydroxylation is 1. The normalized spacial score (nSPS) is 11.1. The number of carbonyl (C=O) groups excluding carboxylic acids is 2. The molecule has 0 aliphatic rings. The van der Waals surface area contributed by atoms with Crippen LogP contribution in [0.15, 0.2) is 76.8 Å². The quantitative estimate of drug-likeness (QED) is 0.421. The lowest BCUT2D eigenvalue weighted by Crippen LogP contribution is -2.31. The predicted molar refractivity (Wildman–Crippen MR) is 113 cm³/mol. The van der Waals surface area contributed by atoms with E-state index in [1.165, 1.54) is 6.08 Å². The SMILES string of the molecule is Cc1ccc(/C=C(/NC(=O)c2ccccc2I)C(=O)Nc2ccccc2)o1. The second-order valence-corrected chi connectivity index (χ2v) is 6.92. The largest absolute Gasteiger partial charge is 0.462 e. The number of para-hydroxylation sites is 1. The van der Waals surface area contributed by atoms with Gasteiger partial charge in [0, 0.05) is 15.3 Å². The summed E-state index contributed by atoms with van der Waals surface area (Å²) in [5, 5.41) is 5.47. The number of hydrogen-bond acceptors (Lipinski definition) is 3. The van der Waals surface area contributed by atoms with Gasteiger partial charge in [0.25, 0.3) is 11.8 Å². The van der Waals surface area contributed by atoms with Crippen LogP contribution in [-0.4, -0.2) is 11.8 Å². The van der Waals surface area contributed by atoms with Gasteiger partial charge in [-0.3, -0.25) is 9.59 Å². The molecule has 0 atom stereocenters. The first kappa shape index (κ1) is 18.9. The van der Waals surface area contributed by atoms with E-state index in [1.807, 2.05) is 37.3 Å². The smallest absolute Gasteiger partial charge is 0.272 e. The van der Waals surface area contributed by atoms with E-state index in [0.29, 0.717) is 22.8 Å². The third-order valence-corrected chi connectivity index (χ3v) is 4.63. The van der Waals surface area contributed by atoms with Gasteiger partial charge in [-0.2, -0.15) is 0 Å². The number of benzene rings is 2. The molecule has 0 bridgehead atoms. The third-order valence-electron chi connectivity index (χ3n) is 3.69. The lowest BCUT2D eigenvalue weighted by molar-refractivity contribution is -0.113. The fraction of sp³-hybridized carbons (Fsp3) is 0.0476. The molecule has 3 rings (SSSR count). The Kier molecular flexibility index (Phi) is 6.08. The highest BCUT2D eigenvalue weighted by atomic mass is 127. The van der Waals surface area contributed by atoms with Crippen LogP contribution in [0.4, 0.5) is 5.69 Å². The van der Waals surface area contributed by atoms with Gasteiger partial charge in [-0.15, -0.1) is 0 Å². The van der Waals surface area contributed by atoms with Gasteiger partial charge in [0.05, 0.1) is 5.56 Å². The number of carbonyl (C=O) groups is 2. The first-order valence-electron chi connectivity index (χ1n) is 8.23. The second kappa shape index (κ2) is 8.68. The van der Waals surface area contributed by atoms with Gasteiger partial charge in [-0.1, -0.05) is 30.3 Å². The zero-order valence-electron chi connectivity index (χ0n) is 14.5. The monoisotopic (exact) mass is 472 g/mol. The topological polar surface area (TPSA) is 71.3 Å². The van der Waals surface area contributed by atoms with Crippen molar-refractivity contribution in [3.05, 3.63) is 93.1 Å². The third kappa shape index (κ3) is 5.07. The van der Waals surface area contributed by atoms with E-state index in [4.69, 9.17) is 4.42 Å². The Morgan fingerprint density at radius 1 is 0.963 bits per heavy atom.